The number of carbonyl (C=O) groups is 1. The van der Waals surface area contributed by atoms with Crippen molar-refractivity contribution in [1.29, 1.82) is 0 Å². The van der Waals surface area contributed by atoms with Gasteiger partial charge in [0.25, 0.3) is 0 Å². The molecule has 0 spiro atoms. The lowest BCUT2D eigenvalue weighted by Gasteiger charge is -2.36. The molecule has 1 amide bonds. The molecule has 1 aliphatic rings. The highest BCUT2D eigenvalue weighted by atomic mass is 16.6. The number of hydrogen-bond donors (Lipinski definition) is 1. The average Bonchev–Trinajstić information content (AvgIpc) is 2.35. The van der Waals surface area contributed by atoms with Gasteiger partial charge in [0, 0.05) is 0 Å². The fourth-order valence-corrected chi connectivity index (χ4v) is 2.44. The summed E-state index contributed by atoms with van der Waals surface area (Å²) in [6.45, 7) is 6.37. The van der Waals surface area contributed by atoms with Crippen LogP contribution in [0.25, 0.3) is 0 Å². The van der Waals surface area contributed by atoms with Gasteiger partial charge in [-0.05, 0) is 45.2 Å². The van der Waals surface area contributed by atoms with Crippen LogP contribution in [0.3, 0.4) is 0 Å². The predicted octanol–water partition coefficient (Wildman–Crippen LogP) is 1.98. The SMILES string of the molecule is CC(C)(C)OC(=O)N1c2ccccc2CC[C@H]1C[NH3+]. The van der Waals surface area contributed by atoms with Crippen LogP contribution in [0, 0.1) is 0 Å². The summed E-state index contributed by atoms with van der Waals surface area (Å²) in [6.07, 6.45) is 1.67. The van der Waals surface area contributed by atoms with Gasteiger partial charge in [-0.25, -0.2) is 4.79 Å². The molecule has 4 nitrogen and oxygen atoms in total. The molecule has 0 aliphatic carbocycles. The Balaban J connectivity index is 2.32. The number of benzene rings is 1. The van der Waals surface area contributed by atoms with Crippen LogP contribution in [0.1, 0.15) is 32.8 Å². The van der Waals surface area contributed by atoms with E-state index in [2.05, 4.69) is 11.8 Å². The third kappa shape index (κ3) is 3.07. The molecule has 0 bridgehead atoms. The van der Waals surface area contributed by atoms with Crippen LogP contribution >= 0.6 is 0 Å². The number of rotatable bonds is 1. The highest BCUT2D eigenvalue weighted by Crippen LogP contribution is 2.31. The number of aryl methyl sites for hydroxylation is 1. The van der Waals surface area contributed by atoms with Crippen molar-refractivity contribution in [2.45, 2.75) is 45.3 Å². The van der Waals surface area contributed by atoms with Gasteiger partial charge in [0.1, 0.15) is 5.60 Å². The van der Waals surface area contributed by atoms with Crippen LogP contribution in [0.5, 0.6) is 0 Å². The van der Waals surface area contributed by atoms with Crippen molar-refractivity contribution < 1.29 is 15.3 Å². The molecule has 1 aromatic rings. The summed E-state index contributed by atoms with van der Waals surface area (Å²) in [6, 6.07) is 8.16. The van der Waals surface area contributed by atoms with E-state index >= 15 is 0 Å². The van der Waals surface area contributed by atoms with Gasteiger partial charge < -0.3 is 10.5 Å². The monoisotopic (exact) mass is 263 g/mol. The van der Waals surface area contributed by atoms with E-state index in [1.807, 2.05) is 39.0 Å². The molecule has 1 aliphatic heterocycles. The van der Waals surface area contributed by atoms with Gasteiger partial charge in [-0.15, -0.1) is 0 Å². The van der Waals surface area contributed by atoms with Crippen LogP contribution < -0.4 is 10.6 Å². The molecule has 0 unspecified atom stereocenters. The van der Waals surface area contributed by atoms with Gasteiger partial charge in [0.2, 0.25) is 0 Å². The average molecular weight is 263 g/mol. The van der Waals surface area contributed by atoms with E-state index in [1.165, 1.54) is 5.56 Å². The van der Waals surface area contributed by atoms with E-state index in [1.54, 1.807) is 4.90 Å². The molecule has 0 saturated heterocycles. The van der Waals surface area contributed by atoms with Crippen LogP contribution in [0.15, 0.2) is 24.3 Å². The molecule has 1 heterocycles. The largest absolute Gasteiger partial charge is 0.443 e. The lowest BCUT2D eigenvalue weighted by Crippen LogP contribution is -2.62. The maximum atomic E-state index is 12.4. The molecule has 19 heavy (non-hydrogen) atoms. The van der Waals surface area contributed by atoms with E-state index < -0.39 is 5.60 Å². The molecule has 3 N–H and O–H groups in total. The molecular weight excluding hydrogens is 240 g/mol. The summed E-state index contributed by atoms with van der Waals surface area (Å²) in [5.74, 6) is 0. The lowest BCUT2D eigenvalue weighted by molar-refractivity contribution is -0.371. The van der Waals surface area contributed by atoms with Crippen LogP contribution in [0.2, 0.25) is 0 Å². The van der Waals surface area contributed by atoms with Crippen molar-refractivity contribution in [2.75, 3.05) is 11.4 Å². The van der Waals surface area contributed by atoms with E-state index in [-0.39, 0.29) is 12.1 Å². The Morgan fingerprint density at radius 2 is 2.11 bits per heavy atom. The lowest BCUT2D eigenvalue weighted by atomic mass is 9.96. The first-order valence-corrected chi connectivity index (χ1v) is 6.82. The van der Waals surface area contributed by atoms with Gasteiger partial charge in [-0.1, -0.05) is 18.2 Å². The molecule has 0 aromatic heterocycles. The van der Waals surface area contributed by atoms with Gasteiger partial charge in [-0.2, -0.15) is 0 Å². The van der Waals surface area contributed by atoms with Gasteiger partial charge in [-0.3, -0.25) is 4.90 Å². The second-order valence-electron chi connectivity index (χ2n) is 5.96. The first-order valence-electron chi connectivity index (χ1n) is 6.82. The predicted molar refractivity (Wildman–Crippen MR) is 75.0 cm³/mol. The van der Waals surface area contributed by atoms with Crippen molar-refractivity contribution in [3.8, 4) is 0 Å². The molecule has 0 fully saturated rings. The van der Waals surface area contributed by atoms with Crippen molar-refractivity contribution in [2.24, 2.45) is 0 Å². The number of quaternary nitrogens is 1. The number of nitrogens with zero attached hydrogens (tertiary/aromatic N) is 1. The smallest absolute Gasteiger partial charge is 0.415 e. The summed E-state index contributed by atoms with van der Waals surface area (Å²) in [7, 11) is 0. The summed E-state index contributed by atoms with van der Waals surface area (Å²) in [4.78, 5) is 14.2. The fourth-order valence-electron chi connectivity index (χ4n) is 2.44. The number of fused-ring (bicyclic) bond motifs is 1. The Kier molecular flexibility index (Phi) is 3.80. The fraction of sp³-hybridized carbons (Fsp3) is 0.533. The number of para-hydroxylation sites is 1. The highest BCUT2D eigenvalue weighted by Gasteiger charge is 2.34. The summed E-state index contributed by atoms with van der Waals surface area (Å²) >= 11 is 0. The summed E-state index contributed by atoms with van der Waals surface area (Å²) in [5.41, 5.74) is 5.66. The van der Waals surface area contributed by atoms with E-state index in [9.17, 15) is 4.79 Å². The zero-order valence-electron chi connectivity index (χ0n) is 12.0. The number of hydrogen-bond acceptors (Lipinski definition) is 2. The number of anilines is 1. The number of ether oxygens (including phenoxy) is 1. The molecular formula is C15H23N2O2+. The normalized spacial score (nSPS) is 18.9. The van der Waals surface area contributed by atoms with Crippen LogP contribution in [-0.2, 0) is 11.2 Å². The zero-order chi connectivity index (χ0) is 14.0. The molecule has 0 radical (unpaired) electrons. The Morgan fingerprint density at radius 1 is 1.42 bits per heavy atom. The number of amides is 1. The highest BCUT2D eigenvalue weighted by molar-refractivity contribution is 5.90. The van der Waals surface area contributed by atoms with E-state index in [0.717, 1.165) is 18.5 Å². The number of carbonyl (C=O) groups excluding carboxylic acids is 1. The van der Waals surface area contributed by atoms with E-state index in [4.69, 9.17) is 4.74 Å². The van der Waals surface area contributed by atoms with Crippen LogP contribution in [0.4, 0.5) is 10.5 Å². The Bertz CT molecular complexity index is 465. The third-order valence-electron chi connectivity index (χ3n) is 3.29. The topological polar surface area (TPSA) is 57.2 Å². The van der Waals surface area contributed by atoms with Gasteiger partial charge in [0.05, 0.1) is 18.3 Å². The molecule has 0 saturated carbocycles. The molecule has 104 valence electrons. The van der Waals surface area contributed by atoms with Crippen molar-refractivity contribution >= 4 is 11.8 Å². The maximum Gasteiger partial charge on any atom is 0.415 e. The zero-order valence-corrected chi connectivity index (χ0v) is 12.0. The van der Waals surface area contributed by atoms with Crippen molar-refractivity contribution in [3.63, 3.8) is 0 Å². The Labute approximate surface area is 114 Å². The first-order chi connectivity index (χ1) is 8.92. The Hall–Kier alpha value is -1.55. The molecule has 4 heteroatoms. The summed E-state index contributed by atoms with van der Waals surface area (Å²) in [5, 5.41) is 0. The summed E-state index contributed by atoms with van der Waals surface area (Å²) < 4.78 is 5.53. The van der Waals surface area contributed by atoms with Crippen molar-refractivity contribution in [3.05, 3.63) is 29.8 Å². The molecule has 1 atom stereocenters. The van der Waals surface area contributed by atoms with Gasteiger partial charge >= 0.3 is 6.09 Å². The van der Waals surface area contributed by atoms with Gasteiger partial charge in [0.15, 0.2) is 0 Å². The van der Waals surface area contributed by atoms with Crippen molar-refractivity contribution in [1.82, 2.24) is 0 Å². The molecule has 2 rings (SSSR count). The first kappa shape index (κ1) is 13.9. The minimum atomic E-state index is -0.477. The minimum Gasteiger partial charge on any atom is -0.443 e. The second kappa shape index (κ2) is 5.21. The second-order valence-corrected chi connectivity index (χ2v) is 5.96. The molecule has 1 aromatic carbocycles. The Morgan fingerprint density at radius 3 is 2.74 bits per heavy atom. The van der Waals surface area contributed by atoms with E-state index in [0.29, 0.717) is 6.54 Å². The standard InChI is InChI=1S/C15H22N2O2/c1-15(2,3)19-14(18)17-12(10-16)9-8-11-6-4-5-7-13(11)17/h4-7,12H,8-10,16H2,1-3H3/p+1/t12-/m0/s1. The van der Waals surface area contributed by atoms with Crippen LogP contribution in [-0.4, -0.2) is 24.3 Å². The quantitative estimate of drug-likeness (QED) is 0.842. The minimum absolute atomic E-state index is 0.129. The maximum absolute atomic E-state index is 12.4. The third-order valence-corrected chi connectivity index (χ3v) is 3.29.